The van der Waals surface area contributed by atoms with Gasteiger partial charge in [-0.05, 0) is 71.3 Å². The second-order valence-electron chi connectivity index (χ2n) is 7.29. The van der Waals surface area contributed by atoms with E-state index in [-0.39, 0.29) is 0 Å². The van der Waals surface area contributed by atoms with Gasteiger partial charge >= 0.3 is 0 Å². The third-order valence-electron chi connectivity index (χ3n) is 5.37. The first kappa shape index (κ1) is 19.2. The molecule has 1 aliphatic heterocycles. The van der Waals surface area contributed by atoms with Crippen molar-refractivity contribution in [3.8, 4) is 0 Å². The van der Waals surface area contributed by atoms with Crippen LogP contribution in [0.3, 0.4) is 0 Å². The number of anilines is 1. The standard InChI is InChI=1S/C21H22ClF2N3O/c22-15-6-12-2-1-3-17(12)18(8-15)20(21(28)26-11-19(23)24)27-16-5-4-13-9-25-10-14(13)7-16/h4-8,19-20,25,27H,1-3,9-11H2,(H,26,28)/t20-/m1/s1. The number of halogens is 3. The van der Waals surface area contributed by atoms with Crippen molar-refractivity contribution in [2.45, 2.75) is 44.8 Å². The number of fused-ring (bicyclic) bond motifs is 2. The van der Waals surface area contributed by atoms with Crippen molar-refractivity contribution in [3.63, 3.8) is 0 Å². The number of benzene rings is 2. The molecule has 1 amide bonds. The molecule has 0 spiro atoms. The van der Waals surface area contributed by atoms with Gasteiger partial charge in [-0.1, -0.05) is 17.7 Å². The molecule has 148 valence electrons. The molecule has 0 bridgehead atoms. The van der Waals surface area contributed by atoms with Gasteiger partial charge in [-0.2, -0.15) is 0 Å². The summed E-state index contributed by atoms with van der Waals surface area (Å²) in [5.74, 6) is -0.477. The fourth-order valence-electron chi connectivity index (χ4n) is 4.07. The topological polar surface area (TPSA) is 53.2 Å². The summed E-state index contributed by atoms with van der Waals surface area (Å²) in [5.41, 5.74) is 6.18. The lowest BCUT2D eigenvalue weighted by atomic mass is 9.96. The number of rotatable bonds is 6. The Kier molecular flexibility index (Phi) is 5.51. The molecule has 4 rings (SSSR count). The van der Waals surface area contributed by atoms with E-state index in [1.54, 1.807) is 6.07 Å². The number of hydrogen-bond acceptors (Lipinski definition) is 3. The van der Waals surface area contributed by atoms with Gasteiger partial charge in [0.15, 0.2) is 0 Å². The Bertz CT molecular complexity index is 903. The van der Waals surface area contributed by atoms with E-state index in [0.29, 0.717) is 5.02 Å². The number of carbonyl (C=O) groups is 1. The van der Waals surface area contributed by atoms with Gasteiger partial charge in [-0.3, -0.25) is 4.79 Å². The van der Waals surface area contributed by atoms with Crippen LogP contribution in [0.1, 0.15) is 40.3 Å². The van der Waals surface area contributed by atoms with Crippen molar-refractivity contribution < 1.29 is 13.6 Å². The molecule has 1 aliphatic carbocycles. The summed E-state index contributed by atoms with van der Waals surface area (Å²) in [6.07, 6.45) is 0.175. The van der Waals surface area contributed by atoms with Crippen molar-refractivity contribution in [1.29, 1.82) is 0 Å². The zero-order valence-corrected chi connectivity index (χ0v) is 16.1. The molecule has 28 heavy (non-hydrogen) atoms. The van der Waals surface area contributed by atoms with Crippen molar-refractivity contribution in [3.05, 3.63) is 63.2 Å². The van der Waals surface area contributed by atoms with Crippen LogP contribution < -0.4 is 16.0 Å². The molecule has 0 radical (unpaired) electrons. The highest BCUT2D eigenvalue weighted by Crippen LogP contribution is 2.34. The highest BCUT2D eigenvalue weighted by molar-refractivity contribution is 6.30. The zero-order chi connectivity index (χ0) is 19.7. The van der Waals surface area contributed by atoms with E-state index in [9.17, 15) is 13.6 Å². The maximum Gasteiger partial charge on any atom is 0.255 e. The highest BCUT2D eigenvalue weighted by Gasteiger charge is 2.28. The van der Waals surface area contributed by atoms with E-state index < -0.39 is 24.9 Å². The average molecular weight is 406 g/mol. The Hall–Kier alpha value is -2.18. The Labute approximate surface area is 167 Å². The molecule has 0 aromatic heterocycles. The normalized spacial score (nSPS) is 16.0. The molecule has 2 aliphatic rings. The van der Waals surface area contributed by atoms with Gasteiger partial charge in [0.2, 0.25) is 5.91 Å². The van der Waals surface area contributed by atoms with Crippen LogP contribution in [0.25, 0.3) is 0 Å². The molecule has 0 fully saturated rings. The summed E-state index contributed by atoms with van der Waals surface area (Å²) in [6.45, 7) is 0.934. The van der Waals surface area contributed by atoms with Gasteiger partial charge in [0.05, 0.1) is 6.54 Å². The number of hydrogen-bond donors (Lipinski definition) is 3. The van der Waals surface area contributed by atoms with Crippen LogP contribution in [0.15, 0.2) is 30.3 Å². The van der Waals surface area contributed by atoms with E-state index in [2.05, 4.69) is 16.0 Å². The van der Waals surface area contributed by atoms with Crippen molar-refractivity contribution in [2.24, 2.45) is 0 Å². The van der Waals surface area contributed by atoms with Crippen LogP contribution in [0.5, 0.6) is 0 Å². The Morgan fingerprint density at radius 1 is 1.11 bits per heavy atom. The summed E-state index contributed by atoms with van der Waals surface area (Å²) >= 11 is 6.30. The maximum absolute atomic E-state index is 12.8. The number of amides is 1. The molecular weight excluding hydrogens is 384 g/mol. The third-order valence-corrected chi connectivity index (χ3v) is 5.58. The van der Waals surface area contributed by atoms with Gasteiger partial charge in [0, 0.05) is 23.8 Å². The van der Waals surface area contributed by atoms with Crippen LogP contribution in [0.4, 0.5) is 14.5 Å². The third kappa shape index (κ3) is 3.98. The lowest BCUT2D eigenvalue weighted by Gasteiger charge is -2.23. The van der Waals surface area contributed by atoms with Crippen LogP contribution in [0, 0.1) is 0 Å². The van der Waals surface area contributed by atoms with E-state index in [1.165, 1.54) is 11.1 Å². The Morgan fingerprint density at radius 3 is 2.75 bits per heavy atom. The van der Waals surface area contributed by atoms with Crippen molar-refractivity contribution >= 4 is 23.2 Å². The molecule has 1 atom stereocenters. The smallest absolute Gasteiger partial charge is 0.255 e. The number of alkyl halides is 2. The Morgan fingerprint density at radius 2 is 1.93 bits per heavy atom. The van der Waals surface area contributed by atoms with E-state index in [1.807, 2.05) is 24.3 Å². The summed E-state index contributed by atoms with van der Waals surface area (Å²) in [7, 11) is 0. The number of aryl methyl sites for hydroxylation is 1. The summed E-state index contributed by atoms with van der Waals surface area (Å²) in [6, 6.07) is 8.88. The van der Waals surface area contributed by atoms with Gasteiger partial charge in [0.1, 0.15) is 6.04 Å². The first-order valence-corrected chi connectivity index (χ1v) is 9.85. The van der Waals surface area contributed by atoms with Crippen LogP contribution in [0.2, 0.25) is 5.02 Å². The molecule has 3 N–H and O–H groups in total. The average Bonchev–Trinajstić information content (AvgIpc) is 3.32. The maximum atomic E-state index is 12.8. The largest absolute Gasteiger partial charge is 0.370 e. The summed E-state index contributed by atoms with van der Waals surface area (Å²) in [5, 5.41) is 9.47. The molecule has 0 unspecified atom stereocenters. The SMILES string of the molecule is O=C(NCC(F)F)[C@H](Nc1ccc2c(c1)CNC2)c1cc(Cl)cc2c1CCC2. The first-order valence-electron chi connectivity index (χ1n) is 9.47. The first-order chi connectivity index (χ1) is 13.5. The second kappa shape index (κ2) is 8.05. The van der Waals surface area contributed by atoms with Crippen molar-refractivity contribution in [2.75, 3.05) is 11.9 Å². The molecule has 2 aromatic rings. The van der Waals surface area contributed by atoms with Crippen LogP contribution in [-0.2, 0) is 30.7 Å². The molecule has 4 nitrogen and oxygen atoms in total. The molecular formula is C21H22ClF2N3O. The molecule has 0 saturated carbocycles. The second-order valence-corrected chi connectivity index (χ2v) is 7.72. The molecule has 1 heterocycles. The molecule has 2 aromatic carbocycles. The van der Waals surface area contributed by atoms with E-state index in [0.717, 1.165) is 54.7 Å². The minimum absolute atomic E-state index is 0.477. The van der Waals surface area contributed by atoms with Gasteiger partial charge in [-0.15, -0.1) is 0 Å². The van der Waals surface area contributed by atoms with Crippen molar-refractivity contribution in [1.82, 2.24) is 10.6 Å². The fourth-order valence-corrected chi connectivity index (χ4v) is 4.32. The zero-order valence-electron chi connectivity index (χ0n) is 15.3. The predicted molar refractivity (Wildman–Crippen MR) is 106 cm³/mol. The molecule has 0 saturated heterocycles. The fraction of sp³-hybridized carbons (Fsp3) is 0.381. The Balaban J connectivity index is 1.68. The number of carbonyl (C=O) groups excluding carboxylic acids is 1. The lowest BCUT2D eigenvalue weighted by Crippen LogP contribution is -2.36. The quantitative estimate of drug-likeness (QED) is 0.681. The van der Waals surface area contributed by atoms with Crippen LogP contribution in [-0.4, -0.2) is 18.9 Å². The van der Waals surface area contributed by atoms with Gasteiger partial charge in [-0.25, -0.2) is 8.78 Å². The van der Waals surface area contributed by atoms with Gasteiger partial charge < -0.3 is 16.0 Å². The predicted octanol–water partition coefficient (Wildman–Crippen LogP) is 3.97. The minimum atomic E-state index is -2.60. The summed E-state index contributed by atoms with van der Waals surface area (Å²) in [4.78, 5) is 12.8. The minimum Gasteiger partial charge on any atom is -0.370 e. The highest BCUT2D eigenvalue weighted by atomic mass is 35.5. The molecule has 7 heteroatoms. The van der Waals surface area contributed by atoms with Crippen LogP contribution >= 0.6 is 11.6 Å². The monoisotopic (exact) mass is 405 g/mol. The van der Waals surface area contributed by atoms with E-state index in [4.69, 9.17) is 11.6 Å². The lowest BCUT2D eigenvalue weighted by molar-refractivity contribution is -0.122. The van der Waals surface area contributed by atoms with Gasteiger partial charge in [0.25, 0.3) is 6.43 Å². The number of nitrogens with one attached hydrogen (secondary N) is 3. The summed E-state index contributed by atoms with van der Waals surface area (Å²) < 4.78 is 25.3. The van der Waals surface area contributed by atoms with E-state index >= 15 is 0 Å².